The quantitative estimate of drug-likeness (QED) is 0.708. The van der Waals surface area contributed by atoms with Crippen molar-refractivity contribution in [3.05, 3.63) is 29.8 Å². The molecule has 2 N–H and O–H groups in total. The first-order valence-corrected chi connectivity index (χ1v) is 5.62. The number of anilines is 1. The van der Waals surface area contributed by atoms with E-state index in [1.165, 1.54) is 18.4 Å². The zero-order valence-corrected chi connectivity index (χ0v) is 8.61. The van der Waals surface area contributed by atoms with Crippen molar-refractivity contribution in [1.29, 1.82) is 0 Å². The lowest BCUT2D eigenvalue weighted by Crippen LogP contribution is -1.93. The maximum atomic E-state index is 5.98. The Labute approximate surface area is 85.3 Å². The highest BCUT2D eigenvalue weighted by Crippen LogP contribution is 2.62. The van der Waals surface area contributed by atoms with Gasteiger partial charge < -0.3 is 5.73 Å². The van der Waals surface area contributed by atoms with Crippen LogP contribution in [0.1, 0.15) is 31.2 Å². The van der Waals surface area contributed by atoms with Crippen molar-refractivity contribution in [1.82, 2.24) is 0 Å². The number of rotatable bonds is 2. The van der Waals surface area contributed by atoms with E-state index >= 15 is 0 Å². The monoisotopic (exact) mass is 187 g/mol. The third-order valence-corrected chi connectivity index (χ3v) is 3.96. The van der Waals surface area contributed by atoms with E-state index in [-0.39, 0.29) is 0 Å². The predicted molar refractivity (Wildman–Crippen MR) is 59.0 cm³/mol. The van der Waals surface area contributed by atoms with Crippen molar-refractivity contribution in [2.75, 3.05) is 5.73 Å². The molecule has 0 spiro atoms. The molecule has 4 unspecified atom stereocenters. The van der Waals surface area contributed by atoms with Crippen LogP contribution in [0.3, 0.4) is 0 Å². The maximum Gasteiger partial charge on any atom is 0.0349 e. The van der Waals surface area contributed by atoms with Crippen molar-refractivity contribution in [3.63, 3.8) is 0 Å². The Hall–Kier alpha value is -0.980. The van der Waals surface area contributed by atoms with Gasteiger partial charge in [-0.3, -0.25) is 0 Å². The lowest BCUT2D eigenvalue weighted by molar-refractivity contribution is 0.639. The second-order valence-corrected chi connectivity index (χ2v) is 5.01. The summed E-state index contributed by atoms with van der Waals surface area (Å²) in [4.78, 5) is 0. The Morgan fingerprint density at radius 1 is 1.14 bits per heavy atom. The average Bonchev–Trinajstić information content (AvgIpc) is 3.02. The van der Waals surface area contributed by atoms with Crippen LogP contribution < -0.4 is 5.73 Å². The first kappa shape index (κ1) is 8.34. The Morgan fingerprint density at radius 3 is 2.50 bits per heavy atom. The van der Waals surface area contributed by atoms with Crippen molar-refractivity contribution in [3.8, 4) is 0 Å². The van der Waals surface area contributed by atoms with Gasteiger partial charge in [-0.25, -0.2) is 0 Å². The van der Waals surface area contributed by atoms with E-state index in [1.54, 1.807) is 0 Å². The Morgan fingerprint density at radius 2 is 1.86 bits per heavy atom. The van der Waals surface area contributed by atoms with E-state index in [0.717, 1.165) is 29.4 Å². The van der Waals surface area contributed by atoms with Crippen LogP contribution in [-0.2, 0) is 0 Å². The molecule has 2 fully saturated rings. The fourth-order valence-electron chi connectivity index (χ4n) is 2.84. The number of nitrogens with two attached hydrogens (primary N) is 1. The third-order valence-electron chi connectivity index (χ3n) is 3.96. The minimum atomic E-state index is 0.783. The van der Waals surface area contributed by atoms with Crippen LogP contribution in [0, 0.1) is 17.8 Å². The first-order chi connectivity index (χ1) is 6.77. The van der Waals surface area contributed by atoms with E-state index in [0.29, 0.717) is 0 Å². The molecular weight excluding hydrogens is 170 g/mol. The summed E-state index contributed by atoms with van der Waals surface area (Å²) in [5.41, 5.74) is 8.37. The molecule has 0 aromatic heterocycles. The lowest BCUT2D eigenvalue weighted by Gasteiger charge is -2.03. The van der Waals surface area contributed by atoms with E-state index in [4.69, 9.17) is 5.73 Å². The SMILES string of the molecule is CC1CC1C1CC1c1ccccc1N. The molecule has 4 atom stereocenters. The van der Waals surface area contributed by atoms with Gasteiger partial charge in [0.1, 0.15) is 0 Å². The van der Waals surface area contributed by atoms with Gasteiger partial charge in [0, 0.05) is 5.69 Å². The van der Waals surface area contributed by atoms with Gasteiger partial charge in [0.15, 0.2) is 0 Å². The molecule has 2 aliphatic rings. The zero-order valence-electron chi connectivity index (χ0n) is 8.61. The highest BCUT2D eigenvalue weighted by Gasteiger charge is 2.52. The van der Waals surface area contributed by atoms with Gasteiger partial charge in [-0.05, 0) is 48.1 Å². The molecule has 0 heterocycles. The molecule has 74 valence electrons. The van der Waals surface area contributed by atoms with Gasteiger partial charge in [0.2, 0.25) is 0 Å². The van der Waals surface area contributed by atoms with Crippen LogP contribution in [0.4, 0.5) is 5.69 Å². The van der Waals surface area contributed by atoms with Gasteiger partial charge in [-0.15, -0.1) is 0 Å². The molecule has 0 amide bonds. The van der Waals surface area contributed by atoms with E-state index in [2.05, 4.69) is 19.1 Å². The fraction of sp³-hybridized carbons (Fsp3) is 0.538. The molecule has 0 saturated heterocycles. The summed E-state index contributed by atoms with van der Waals surface area (Å²) < 4.78 is 0. The number of hydrogen-bond donors (Lipinski definition) is 1. The van der Waals surface area contributed by atoms with Gasteiger partial charge in [-0.2, -0.15) is 0 Å². The molecule has 0 aliphatic heterocycles. The number of nitrogen functional groups attached to an aromatic ring is 1. The summed E-state index contributed by atoms with van der Waals surface area (Å²) in [6, 6.07) is 8.36. The molecule has 1 nitrogen and oxygen atoms in total. The van der Waals surface area contributed by atoms with Crippen molar-refractivity contribution < 1.29 is 0 Å². The first-order valence-electron chi connectivity index (χ1n) is 5.62. The second kappa shape index (κ2) is 2.75. The molecule has 3 rings (SSSR count). The van der Waals surface area contributed by atoms with E-state index in [9.17, 15) is 0 Å². The maximum absolute atomic E-state index is 5.98. The standard InChI is InChI=1S/C13H17N/c1-8-6-10(8)12-7-11(12)9-4-2-3-5-13(9)14/h2-5,8,10-12H,6-7,14H2,1H3. The number of benzene rings is 1. The van der Waals surface area contributed by atoms with Gasteiger partial charge in [-0.1, -0.05) is 25.1 Å². The Bertz CT molecular complexity index is 358. The third kappa shape index (κ3) is 1.23. The molecule has 14 heavy (non-hydrogen) atoms. The zero-order chi connectivity index (χ0) is 9.71. The number of para-hydroxylation sites is 1. The normalized spacial score (nSPS) is 39.5. The van der Waals surface area contributed by atoms with Crippen LogP contribution in [0.15, 0.2) is 24.3 Å². The molecule has 0 radical (unpaired) electrons. The number of hydrogen-bond acceptors (Lipinski definition) is 1. The molecule has 1 heteroatoms. The summed E-state index contributed by atoms with van der Waals surface area (Å²) in [6.07, 6.45) is 2.83. The highest BCUT2D eigenvalue weighted by atomic mass is 14.6. The van der Waals surface area contributed by atoms with Crippen molar-refractivity contribution in [2.45, 2.75) is 25.7 Å². The van der Waals surface area contributed by atoms with Gasteiger partial charge in [0.25, 0.3) is 0 Å². The van der Waals surface area contributed by atoms with Crippen LogP contribution in [0.5, 0.6) is 0 Å². The van der Waals surface area contributed by atoms with Crippen LogP contribution in [0.2, 0.25) is 0 Å². The minimum Gasteiger partial charge on any atom is -0.398 e. The summed E-state index contributed by atoms with van der Waals surface area (Å²) in [5.74, 6) is 3.73. The second-order valence-electron chi connectivity index (χ2n) is 5.01. The van der Waals surface area contributed by atoms with Crippen LogP contribution >= 0.6 is 0 Å². The molecular formula is C13H17N. The largest absolute Gasteiger partial charge is 0.398 e. The smallest absolute Gasteiger partial charge is 0.0349 e. The molecule has 1 aromatic carbocycles. The fourth-order valence-corrected chi connectivity index (χ4v) is 2.84. The van der Waals surface area contributed by atoms with Gasteiger partial charge >= 0.3 is 0 Å². The molecule has 2 aliphatic carbocycles. The summed E-state index contributed by atoms with van der Waals surface area (Å²) in [7, 11) is 0. The molecule has 2 saturated carbocycles. The lowest BCUT2D eigenvalue weighted by atomic mass is 10.1. The van der Waals surface area contributed by atoms with Gasteiger partial charge in [0.05, 0.1) is 0 Å². The van der Waals surface area contributed by atoms with Crippen molar-refractivity contribution >= 4 is 5.69 Å². The minimum absolute atomic E-state index is 0.783. The average molecular weight is 187 g/mol. The highest BCUT2D eigenvalue weighted by molar-refractivity contribution is 5.50. The predicted octanol–water partition coefficient (Wildman–Crippen LogP) is 3.03. The topological polar surface area (TPSA) is 26.0 Å². The summed E-state index contributed by atoms with van der Waals surface area (Å²) in [5, 5.41) is 0. The van der Waals surface area contributed by atoms with E-state index < -0.39 is 0 Å². The Balaban J connectivity index is 1.77. The molecule has 1 aromatic rings. The van der Waals surface area contributed by atoms with Crippen LogP contribution in [-0.4, -0.2) is 0 Å². The van der Waals surface area contributed by atoms with E-state index in [1.807, 2.05) is 12.1 Å². The Kier molecular flexibility index (Phi) is 1.64. The summed E-state index contributed by atoms with van der Waals surface area (Å²) in [6.45, 7) is 2.37. The van der Waals surface area contributed by atoms with Crippen molar-refractivity contribution in [2.24, 2.45) is 17.8 Å². The van der Waals surface area contributed by atoms with Crippen LogP contribution in [0.25, 0.3) is 0 Å². The molecule has 0 bridgehead atoms. The summed E-state index contributed by atoms with van der Waals surface area (Å²) >= 11 is 0.